The molecule has 7 heteroatoms. The summed E-state index contributed by atoms with van der Waals surface area (Å²) < 4.78 is 5.04. The predicted molar refractivity (Wildman–Crippen MR) is 69.6 cm³/mol. The van der Waals surface area contributed by atoms with Crippen molar-refractivity contribution < 1.29 is 29.0 Å². The average Bonchev–Trinajstić information content (AvgIpc) is 2.69. The molecule has 0 radical (unpaired) electrons. The van der Waals surface area contributed by atoms with E-state index in [1.807, 2.05) is 0 Å². The van der Waals surface area contributed by atoms with Gasteiger partial charge in [-0.15, -0.1) is 0 Å². The molecule has 1 aliphatic heterocycles. The van der Waals surface area contributed by atoms with Gasteiger partial charge in [0.1, 0.15) is 0 Å². The number of carbonyl (C=O) groups excluding carboxylic acids is 3. The SMILES string of the molecule is CCOC(C(C)=O)(C(=O)O)N1C(=O)c2ccccc2C1=O. The number of hydrogen-bond donors (Lipinski definition) is 1. The van der Waals surface area contributed by atoms with Crippen molar-refractivity contribution in [2.75, 3.05) is 6.61 Å². The highest BCUT2D eigenvalue weighted by atomic mass is 16.6. The highest BCUT2D eigenvalue weighted by molar-refractivity contribution is 6.26. The first kappa shape index (κ1) is 14.9. The Labute approximate surface area is 120 Å². The zero-order chi connectivity index (χ0) is 15.8. The normalized spacial score (nSPS) is 16.6. The second kappa shape index (κ2) is 5.10. The van der Waals surface area contributed by atoms with Gasteiger partial charge in [0.15, 0.2) is 5.78 Å². The van der Waals surface area contributed by atoms with Gasteiger partial charge < -0.3 is 9.84 Å². The van der Waals surface area contributed by atoms with Gasteiger partial charge in [-0.3, -0.25) is 14.4 Å². The summed E-state index contributed by atoms with van der Waals surface area (Å²) in [7, 11) is 0. The van der Waals surface area contributed by atoms with Crippen LogP contribution in [-0.2, 0) is 14.3 Å². The standard InChI is InChI=1S/C14H13NO6/c1-3-21-14(8(2)16,13(19)20)15-11(17)9-6-4-5-7-10(9)12(15)18/h4-7H,3H2,1-2H3,(H,19,20). The minimum Gasteiger partial charge on any atom is -0.477 e. The maximum atomic E-state index is 12.3. The molecule has 0 aromatic heterocycles. The van der Waals surface area contributed by atoms with Crippen molar-refractivity contribution in [3.05, 3.63) is 35.4 Å². The van der Waals surface area contributed by atoms with E-state index in [-0.39, 0.29) is 17.7 Å². The van der Waals surface area contributed by atoms with Crippen LogP contribution in [0.4, 0.5) is 0 Å². The second-order valence-electron chi connectivity index (χ2n) is 4.43. The van der Waals surface area contributed by atoms with E-state index in [0.717, 1.165) is 6.92 Å². The largest absolute Gasteiger partial charge is 0.477 e. The highest BCUT2D eigenvalue weighted by Crippen LogP contribution is 2.31. The molecule has 1 N–H and O–H groups in total. The zero-order valence-electron chi connectivity index (χ0n) is 11.5. The van der Waals surface area contributed by atoms with E-state index in [9.17, 15) is 24.3 Å². The summed E-state index contributed by atoms with van der Waals surface area (Å²) in [6, 6.07) is 5.89. The van der Waals surface area contributed by atoms with Crippen LogP contribution in [0.25, 0.3) is 0 Å². The van der Waals surface area contributed by atoms with E-state index >= 15 is 0 Å². The van der Waals surface area contributed by atoms with Crippen LogP contribution in [0.3, 0.4) is 0 Å². The average molecular weight is 291 g/mol. The van der Waals surface area contributed by atoms with E-state index < -0.39 is 29.3 Å². The van der Waals surface area contributed by atoms with E-state index in [1.54, 1.807) is 12.1 Å². The molecule has 1 atom stereocenters. The van der Waals surface area contributed by atoms with Crippen molar-refractivity contribution in [3.63, 3.8) is 0 Å². The molecule has 110 valence electrons. The molecule has 2 amide bonds. The highest BCUT2D eigenvalue weighted by Gasteiger charge is 2.58. The molecule has 1 aromatic rings. The molecular weight excluding hydrogens is 278 g/mol. The fourth-order valence-electron chi connectivity index (χ4n) is 2.32. The van der Waals surface area contributed by atoms with E-state index in [0.29, 0.717) is 4.90 Å². The van der Waals surface area contributed by atoms with E-state index in [1.165, 1.54) is 19.1 Å². The maximum absolute atomic E-state index is 12.3. The van der Waals surface area contributed by atoms with Crippen molar-refractivity contribution in [1.29, 1.82) is 0 Å². The van der Waals surface area contributed by atoms with Gasteiger partial charge in [-0.25, -0.2) is 9.69 Å². The monoisotopic (exact) mass is 291 g/mol. The lowest BCUT2D eigenvalue weighted by molar-refractivity contribution is -0.187. The zero-order valence-corrected chi connectivity index (χ0v) is 11.5. The van der Waals surface area contributed by atoms with Gasteiger partial charge in [0.25, 0.3) is 11.8 Å². The van der Waals surface area contributed by atoms with Crippen LogP contribution >= 0.6 is 0 Å². The third kappa shape index (κ3) is 1.93. The Bertz CT molecular complexity index is 602. The minimum atomic E-state index is -2.64. The molecule has 1 unspecified atom stereocenters. The third-order valence-corrected chi connectivity index (χ3v) is 3.23. The Morgan fingerprint density at radius 1 is 1.19 bits per heavy atom. The van der Waals surface area contributed by atoms with Gasteiger partial charge in [0.05, 0.1) is 11.1 Å². The molecule has 21 heavy (non-hydrogen) atoms. The van der Waals surface area contributed by atoms with Crippen LogP contribution in [0.2, 0.25) is 0 Å². The summed E-state index contributed by atoms with van der Waals surface area (Å²) >= 11 is 0. The summed E-state index contributed by atoms with van der Waals surface area (Å²) in [5.41, 5.74) is -2.54. The number of benzene rings is 1. The van der Waals surface area contributed by atoms with Crippen LogP contribution in [0.5, 0.6) is 0 Å². The molecule has 1 aliphatic rings. The van der Waals surface area contributed by atoms with Crippen LogP contribution in [-0.4, -0.2) is 45.9 Å². The first-order valence-electron chi connectivity index (χ1n) is 6.24. The molecule has 0 spiro atoms. The topological polar surface area (TPSA) is 101 Å². The number of ether oxygens (including phenoxy) is 1. The lowest BCUT2D eigenvalue weighted by Gasteiger charge is -2.33. The fraction of sp³-hybridized carbons (Fsp3) is 0.286. The molecule has 0 fully saturated rings. The number of Topliss-reactive ketones (excluding diaryl/α,β-unsaturated/α-hetero) is 1. The first-order valence-corrected chi connectivity index (χ1v) is 6.24. The van der Waals surface area contributed by atoms with Crippen LogP contribution in [0.1, 0.15) is 34.6 Å². The molecule has 0 aliphatic carbocycles. The summed E-state index contributed by atoms with van der Waals surface area (Å²) in [5.74, 6) is -4.37. The Balaban J connectivity index is 2.64. The number of fused-ring (bicyclic) bond motifs is 1. The lowest BCUT2D eigenvalue weighted by Crippen LogP contribution is -2.63. The first-order chi connectivity index (χ1) is 9.87. The number of rotatable bonds is 5. The quantitative estimate of drug-likeness (QED) is 0.632. The Morgan fingerprint density at radius 3 is 2.00 bits per heavy atom. The van der Waals surface area contributed by atoms with Crippen LogP contribution in [0, 0.1) is 0 Å². The van der Waals surface area contributed by atoms with Crippen molar-refractivity contribution in [1.82, 2.24) is 4.90 Å². The van der Waals surface area contributed by atoms with Gasteiger partial charge in [-0.1, -0.05) is 12.1 Å². The number of nitrogens with zero attached hydrogens (tertiary/aromatic N) is 1. The third-order valence-electron chi connectivity index (χ3n) is 3.23. The summed E-state index contributed by atoms with van der Waals surface area (Å²) in [5, 5.41) is 9.41. The number of carboxylic acid groups (broad SMARTS) is 1. The van der Waals surface area contributed by atoms with Crippen LogP contribution < -0.4 is 0 Å². The van der Waals surface area contributed by atoms with Crippen LogP contribution in [0.15, 0.2) is 24.3 Å². The molecule has 0 saturated heterocycles. The minimum absolute atomic E-state index is 0.0501. The van der Waals surface area contributed by atoms with Gasteiger partial charge in [-0.05, 0) is 19.1 Å². The van der Waals surface area contributed by atoms with Gasteiger partial charge in [0, 0.05) is 13.5 Å². The smallest absolute Gasteiger partial charge is 0.366 e. The van der Waals surface area contributed by atoms with Gasteiger partial charge >= 0.3 is 11.7 Å². The van der Waals surface area contributed by atoms with Crippen molar-refractivity contribution in [2.45, 2.75) is 19.6 Å². The lowest BCUT2D eigenvalue weighted by atomic mass is 10.1. The number of ketones is 1. The molecule has 0 saturated carbocycles. The molecule has 1 heterocycles. The Hall–Kier alpha value is -2.54. The molecule has 2 rings (SSSR count). The predicted octanol–water partition coefficient (Wildman–Crippen LogP) is 0.689. The number of carbonyl (C=O) groups is 4. The molecule has 7 nitrogen and oxygen atoms in total. The number of hydrogen-bond acceptors (Lipinski definition) is 5. The van der Waals surface area contributed by atoms with Gasteiger partial charge in [0.2, 0.25) is 0 Å². The summed E-state index contributed by atoms with van der Waals surface area (Å²) in [4.78, 5) is 48.5. The van der Waals surface area contributed by atoms with Gasteiger partial charge in [-0.2, -0.15) is 0 Å². The molecule has 0 bridgehead atoms. The number of amides is 2. The maximum Gasteiger partial charge on any atom is 0.366 e. The fourth-order valence-corrected chi connectivity index (χ4v) is 2.32. The number of aliphatic carboxylic acids is 1. The Morgan fingerprint density at radius 2 is 1.67 bits per heavy atom. The summed E-state index contributed by atoms with van der Waals surface area (Å²) in [6.07, 6.45) is 0. The number of carboxylic acids is 1. The van der Waals surface area contributed by atoms with Crippen molar-refractivity contribution in [3.8, 4) is 0 Å². The van der Waals surface area contributed by atoms with Crippen molar-refractivity contribution in [2.24, 2.45) is 0 Å². The Kier molecular flexibility index (Phi) is 3.61. The second-order valence-corrected chi connectivity index (χ2v) is 4.43. The molecule has 1 aromatic carbocycles. The van der Waals surface area contributed by atoms with E-state index in [2.05, 4.69) is 0 Å². The summed E-state index contributed by atoms with van der Waals surface area (Å²) in [6.45, 7) is 2.28. The van der Waals surface area contributed by atoms with Crippen molar-refractivity contribution >= 4 is 23.6 Å². The van der Waals surface area contributed by atoms with E-state index in [4.69, 9.17) is 4.74 Å². The number of imide groups is 1. The molecular formula is C14H13NO6.